The first kappa shape index (κ1) is 20.1. The molecule has 0 amide bonds. The quantitative estimate of drug-likeness (QED) is 0.241. The van der Waals surface area contributed by atoms with Crippen LogP contribution < -0.4 is 11.5 Å². The van der Waals surface area contributed by atoms with Crippen molar-refractivity contribution >= 4 is 45.9 Å². The number of hydrogen-bond acceptors (Lipinski definition) is 8. The van der Waals surface area contributed by atoms with E-state index in [1.807, 2.05) is 0 Å². The summed E-state index contributed by atoms with van der Waals surface area (Å²) in [4.78, 5) is 21.5. The zero-order valence-corrected chi connectivity index (χ0v) is 11.9. The van der Waals surface area contributed by atoms with E-state index < -0.39 is 24.0 Å². The summed E-state index contributed by atoms with van der Waals surface area (Å²) in [7, 11) is 2.49. The Morgan fingerprint density at radius 2 is 1.67 bits per heavy atom. The van der Waals surface area contributed by atoms with Gasteiger partial charge in [0.05, 0.1) is 6.61 Å². The first-order valence-corrected chi connectivity index (χ1v) is 7.23. The highest BCUT2D eigenvalue weighted by atomic mass is 35.5. The largest absolute Gasteiger partial charge is 0.480 e. The van der Waals surface area contributed by atoms with Crippen LogP contribution in [0.1, 0.15) is 0 Å². The molecule has 1 unspecified atom stereocenters. The number of halogens is 1. The van der Waals surface area contributed by atoms with Gasteiger partial charge in [0.2, 0.25) is 0 Å². The van der Waals surface area contributed by atoms with Crippen molar-refractivity contribution in [2.75, 3.05) is 24.7 Å². The van der Waals surface area contributed by atoms with Crippen LogP contribution in [0.3, 0.4) is 0 Å². The molecule has 18 heavy (non-hydrogen) atoms. The van der Waals surface area contributed by atoms with Crippen molar-refractivity contribution in [2.45, 2.75) is 12.1 Å². The van der Waals surface area contributed by atoms with Gasteiger partial charge in [0, 0.05) is 11.5 Å². The van der Waals surface area contributed by atoms with Gasteiger partial charge in [-0.05, 0) is 0 Å². The van der Waals surface area contributed by atoms with Crippen molar-refractivity contribution in [3.05, 3.63) is 0 Å². The summed E-state index contributed by atoms with van der Waals surface area (Å²) < 4.78 is 4.61. The fraction of sp³-hybridized carbons (Fsp3) is 0.750. The number of carboxylic acid groups (broad SMARTS) is 1. The Kier molecular flexibility index (Phi) is 13.3. The molecule has 0 spiro atoms. The lowest BCUT2D eigenvalue weighted by Gasteiger charge is -2.10. The number of hydrogen-bond donors (Lipinski definition) is 4. The average Bonchev–Trinajstić information content (AvgIpc) is 2.30. The van der Waals surface area contributed by atoms with Gasteiger partial charge in [-0.2, -0.15) is 0 Å². The molecule has 0 bridgehead atoms. The monoisotopic (exact) mass is 320 g/mol. The molecule has 0 fully saturated rings. The molecule has 10 heteroatoms. The minimum atomic E-state index is -1.07. The van der Waals surface area contributed by atoms with Crippen molar-refractivity contribution < 1.29 is 24.5 Å². The van der Waals surface area contributed by atoms with Crippen LogP contribution in [-0.4, -0.2) is 59.0 Å². The van der Waals surface area contributed by atoms with E-state index in [-0.39, 0.29) is 31.4 Å². The van der Waals surface area contributed by atoms with Gasteiger partial charge in [0.25, 0.3) is 0 Å². The second-order valence-electron chi connectivity index (χ2n) is 3.01. The number of aliphatic carboxylic acids is 1. The van der Waals surface area contributed by atoms with E-state index in [4.69, 9.17) is 21.7 Å². The lowest BCUT2D eigenvalue weighted by molar-refractivity contribution is -0.145. The number of nitrogens with two attached hydrogens (primary N) is 2. The number of carboxylic acids is 1. The van der Waals surface area contributed by atoms with E-state index in [2.05, 4.69) is 4.74 Å². The van der Waals surface area contributed by atoms with Gasteiger partial charge in [-0.15, -0.1) is 12.4 Å². The van der Waals surface area contributed by atoms with Crippen LogP contribution in [0.2, 0.25) is 0 Å². The van der Waals surface area contributed by atoms with Gasteiger partial charge in [-0.1, -0.05) is 21.6 Å². The maximum atomic E-state index is 11.1. The third-order valence-electron chi connectivity index (χ3n) is 1.53. The number of aliphatic hydroxyl groups is 1. The minimum Gasteiger partial charge on any atom is -0.480 e. The summed E-state index contributed by atoms with van der Waals surface area (Å²) in [6, 6.07) is -1.72. The molecule has 0 rings (SSSR count). The summed E-state index contributed by atoms with van der Waals surface area (Å²) >= 11 is 0. The molecule has 0 aliphatic rings. The van der Waals surface area contributed by atoms with Gasteiger partial charge < -0.3 is 26.4 Å². The van der Waals surface area contributed by atoms with Gasteiger partial charge >= 0.3 is 11.9 Å². The van der Waals surface area contributed by atoms with Crippen LogP contribution in [0.25, 0.3) is 0 Å². The van der Waals surface area contributed by atoms with Crippen molar-refractivity contribution in [3.8, 4) is 0 Å². The summed E-state index contributed by atoms with van der Waals surface area (Å²) in [6.45, 7) is -0.317. The van der Waals surface area contributed by atoms with E-state index in [0.717, 1.165) is 0 Å². The molecular formula is C8H17ClN2O5S2. The topological polar surface area (TPSA) is 136 Å². The number of esters is 1. The molecule has 6 N–H and O–H groups in total. The van der Waals surface area contributed by atoms with Gasteiger partial charge in [0.15, 0.2) is 0 Å². The standard InChI is InChI=1S/C8H16N2O5S2.ClH/c9-5(7(12)13)3-16-17-4-6(10)8(14)15-2-1-11;/h5-6,11H,1-4,9-10H2,(H,12,13);1H/t5?,6-;/m0./s1. The van der Waals surface area contributed by atoms with Crippen molar-refractivity contribution in [3.63, 3.8) is 0 Å². The summed E-state index contributed by atoms with van der Waals surface area (Å²) in [6.07, 6.45) is 0. The number of carbonyl (C=O) groups excluding carboxylic acids is 1. The van der Waals surface area contributed by atoms with Gasteiger partial charge in [0.1, 0.15) is 18.7 Å². The Morgan fingerprint density at radius 1 is 1.17 bits per heavy atom. The SMILES string of the molecule is Cl.NC(CSSC[C@H](N)C(=O)OCCO)C(=O)O. The van der Waals surface area contributed by atoms with Gasteiger partial charge in [-0.25, -0.2) is 0 Å². The van der Waals surface area contributed by atoms with Crippen LogP contribution >= 0.6 is 34.0 Å². The first-order valence-electron chi connectivity index (χ1n) is 4.75. The van der Waals surface area contributed by atoms with E-state index >= 15 is 0 Å². The first-order chi connectivity index (χ1) is 7.99. The third kappa shape index (κ3) is 9.80. The highest BCUT2D eigenvalue weighted by Gasteiger charge is 2.16. The normalized spacial score (nSPS) is 13.3. The molecule has 0 saturated heterocycles. The lowest BCUT2D eigenvalue weighted by Crippen LogP contribution is -2.35. The smallest absolute Gasteiger partial charge is 0.323 e. The molecule has 0 aliphatic carbocycles. The predicted molar refractivity (Wildman–Crippen MR) is 73.8 cm³/mol. The zero-order valence-electron chi connectivity index (χ0n) is 9.48. The second kappa shape index (κ2) is 11.9. The molecule has 0 aromatic rings. The van der Waals surface area contributed by atoms with Crippen LogP contribution in [-0.2, 0) is 14.3 Å². The van der Waals surface area contributed by atoms with Crippen molar-refractivity contribution in [1.82, 2.24) is 0 Å². The minimum absolute atomic E-state index is 0. The van der Waals surface area contributed by atoms with Crippen LogP contribution in [0.15, 0.2) is 0 Å². The average molecular weight is 321 g/mol. The van der Waals surface area contributed by atoms with E-state index in [1.165, 1.54) is 21.6 Å². The molecule has 0 aromatic carbocycles. The molecule has 0 saturated carbocycles. The Morgan fingerprint density at radius 3 is 2.11 bits per heavy atom. The Labute approximate surface area is 119 Å². The maximum absolute atomic E-state index is 11.1. The zero-order chi connectivity index (χ0) is 13.3. The van der Waals surface area contributed by atoms with Crippen molar-refractivity contribution in [1.29, 1.82) is 0 Å². The molecule has 7 nitrogen and oxygen atoms in total. The van der Waals surface area contributed by atoms with E-state index in [0.29, 0.717) is 5.75 Å². The van der Waals surface area contributed by atoms with Crippen molar-refractivity contribution in [2.24, 2.45) is 11.5 Å². The molecule has 0 aromatic heterocycles. The fourth-order valence-corrected chi connectivity index (χ4v) is 2.86. The van der Waals surface area contributed by atoms with E-state index in [9.17, 15) is 9.59 Å². The van der Waals surface area contributed by atoms with Crippen LogP contribution in [0.5, 0.6) is 0 Å². The predicted octanol–water partition coefficient (Wildman–Crippen LogP) is -0.936. The highest BCUT2D eigenvalue weighted by molar-refractivity contribution is 8.76. The molecule has 108 valence electrons. The fourth-order valence-electron chi connectivity index (χ4n) is 0.635. The lowest BCUT2D eigenvalue weighted by atomic mass is 10.4. The Balaban J connectivity index is 0. The third-order valence-corrected chi connectivity index (χ3v) is 4.01. The summed E-state index contributed by atoms with van der Waals surface area (Å²) in [5, 5.41) is 16.9. The number of aliphatic hydroxyl groups excluding tert-OH is 1. The summed E-state index contributed by atoms with van der Waals surface area (Å²) in [5.74, 6) is -1.13. The molecule has 0 aliphatic heterocycles. The molecule has 0 heterocycles. The number of ether oxygens (including phenoxy) is 1. The number of carbonyl (C=O) groups is 2. The Hall–Kier alpha value is -0.190. The summed E-state index contributed by atoms with van der Waals surface area (Å²) in [5.41, 5.74) is 10.8. The number of rotatable bonds is 9. The van der Waals surface area contributed by atoms with E-state index in [1.54, 1.807) is 0 Å². The van der Waals surface area contributed by atoms with Crippen LogP contribution in [0.4, 0.5) is 0 Å². The van der Waals surface area contributed by atoms with Gasteiger partial charge in [-0.3, -0.25) is 9.59 Å². The molecular weight excluding hydrogens is 304 g/mol. The Bertz CT molecular complexity index is 260. The maximum Gasteiger partial charge on any atom is 0.323 e. The molecule has 0 radical (unpaired) electrons. The molecule has 2 atom stereocenters. The second-order valence-corrected chi connectivity index (χ2v) is 5.56. The van der Waals surface area contributed by atoms with Crippen LogP contribution in [0, 0.1) is 0 Å². The highest BCUT2D eigenvalue weighted by Crippen LogP contribution is 2.22.